The highest BCUT2D eigenvalue weighted by Gasteiger charge is 1.99. The van der Waals surface area contributed by atoms with Crippen LogP contribution in [0.4, 0.5) is 0 Å². The molecule has 0 saturated carbocycles. The minimum Gasteiger partial charge on any atom is -0.494 e. The van der Waals surface area contributed by atoms with E-state index in [0.29, 0.717) is 0 Å². The molecule has 3 heteroatoms. The second-order valence-electron chi connectivity index (χ2n) is 3.25. The van der Waals surface area contributed by atoms with Crippen LogP contribution in [0.15, 0.2) is 30.3 Å². The first-order valence-electron chi connectivity index (χ1n) is 4.87. The molecule has 0 radical (unpaired) electrons. The molecule has 0 fully saturated rings. The predicted molar refractivity (Wildman–Crippen MR) is 63.0 cm³/mol. The number of rotatable bonds is 6. The van der Waals surface area contributed by atoms with Gasteiger partial charge in [-0.2, -0.15) is 12.6 Å². The minimum atomic E-state index is 0.192. The molecule has 0 spiro atoms. The van der Waals surface area contributed by atoms with Crippen molar-refractivity contribution in [3.8, 4) is 5.75 Å². The summed E-state index contributed by atoms with van der Waals surface area (Å²) in [7, 11) is 0. The van der Waals surface area contributed by atoms with Crippen LogP contribution in [0.1, 0.15) is 12.8 Å². The summed E-state index contributed by atoms with van der Waals surface area (Å²) in [6.45, 7) is 0.728. The second-order valence-corrected chi connectivity index (χ2v) is 3.61. The van der Waals surface area contributed by atoms with E-state index >= 15 is 0 Å². The number of nitrogens with two attached hydrogens (primary N) is 1. The van der Waals surface area contributed by atoms with Gasteiger partial charge in [0.2, 0.25) is 0 Å². The summed E-state index contributed by atoms with van der Waals surface area (Å²) in [6, 6.07) is 10.0. The van der Waals surface area contributed by atoms with E-state index in [9.17, 15) is 0 Å². The fourth-order valence-electron chi connectivity index (χ4n) is 1.14. The molecule has 78 valence electrons. The van der Waals surface area contributed by atoms with Gasteiger partial charge in [0.05, 0.1) is 6.61 Å². The molecule has 2 nitrogen and oxygen atoms in total. The second kappa shape index (κ2) is 6.74. The highest BCUT2D eigenvalue weighted by Crippen LogP contribution is 2.09. The Bertz CT molecular complexity index is 240. The Morgan fingerprint density at radius 3 is 2.64 bits per heavy atom. The smallest absolute Gasteiger partial charge is 0.119 e. The molecule has 0 saturated heterocycles. The summed E-state index contributed by atoms with van der Waals surface area (Å²) in [5.74, 6) is 1.66. The van der Waals surface area contributed by atoms with Crippen molar-refractivity contribution in [1.29, 1.82) is 0 Å². The number of para-hydroxylation sites is 1. The molecule has 1 aromatic carbocycles. The summed E-state index contributed by atoms with van der Waals surface area (Å²) in [5, 5.41) is 0. The van der Waals surface area contributed by atoms with Crippen molar-refractivity contribution < 1.29 is 4.74 Å². The molecule has 14 heavy (non-hydrogen) atoms. The van der Waals surface area contributed by atoms with Crippen molar-refractivity contribution in [1.82, 2.24) is 0 Å². The number of hydrogen-bond donors (Lipinski definition) is 2. The fourth-order valence-corrected chi connectivity index (χ4v) is 1.33. The van der Waals surface area contributed by atoms with Gasteiger partial charge in [0.25, 0.3) is 0 Å². The lowest BCUT2D eigenvalue weighted by atomic mass is 10.2. The van der Waals surface area contributed by atoms with Crippen LogP contribution in [-0.4, -0.2) is 18.4 Å². The first kappa shape index (κ1) is 11.4. The Labute approximate surface area is 90.9 Å². The monoisotopic (exact) mass is 211 g/mol. The van der Waals surface area contributed by atoms with Gasteiger partial charge in [-0.1, -0.05) is 18.2 Å². The standard InChI is InChI=1S/C11H17NOS/c12-10(9-14)5-4-8-13-11-6-2-1-3-7-11/h1-3,6-7,10,14H,4-5,8-9,12H2/t10-/m1/s1. The molecule has 0 heterocycles. The predicted octanol–water partition coefficient (Wildman–Crippen LogP) is 2.10. The van der Waals surface area contributed by atoms with Gasteiger partial charge in [0, 0.05) is 11.8 Å². The van der Waals surface area contributed by atoms with Gasteiger partial charge in [-0.15, -0.1) is 0 Å². The Morgan fingerprint density at radius 2 is 2.00 bits per heavy atom. The van der Waals surface area contributed by atoms with Crippen molar-refractivity contribution in [2.24, 2.45) is 5.73 Å². The summed E-state index contributed by atoms with van der Waals surface area (Å²) in [6.07, 6.45) is 1.95. The first-order chi connectivity index (χ1) is 6.83. The lowest BCUT2D eigenvalue weighted by molar-refractivity contribution is 0.303. The van der Waals surface area contributed by atoms with Crippen molar-refractivity contribution in [2.75, 3.05) is 12.4 Å². The molecule has 0 amide bonds. The normalized spacial score (nSPS) is 12.4. The topological polar surface area (TPSA) is 35.2 Å². The molecule has 0 aliphatic carbocycles. The van der Waals surface area contributed by atoms with Crippen LogP contribution in [0, 0.1) is 0 Å². The fraction of sp³-hybridized carbons (Fsp3) is 0.455. The van der Waals surface area contributed by atoms with Crippen LogP contribution in [0.25, 0.3) is 0 Å². The van der Waals surface area contributed by atoms with E-state index in [4.69, 9.17) is 10.5 Å². The summed E-state index contributed by atoms with van der Waals surface area (Å²) in [4.78, 5) is 0. The molecule has 0 aliphatic rings. The molecular formula is C11H17NOS. The van der Waals surface area contributed by atoms with E-state index in [1.165, 1.54) is 0 Å². The van der Waals surface area contributed by atoms with Crippen LogP contribution < -0.4 is 10.5 Å². The average molecular weight is 211 g/mol. The molecule has 0 aromatic heterocycles. The van der Waals surface area contributed by atoms with E-state index in [-0.39, 0.29) is 6.04 Å². The van der Waals surface area contributed by atoms with E-state index in [2.05, 4.69) is 12.6 Å². The van der Waals surface area contributed by atoms with Gasteiger partial charge < -0.3 is 10.5 Å². The summed E-state index contributed by atoms with van der Waals surface area (Å²) < 4.78 is 5.52. The van der Waals surface area contributed by atoms with Crippen molar-refractivity contribution in [3.05, 3.63) is 30.3 Å². The van der Waals surface area contributed by atoms with Crippen LogP contribution >= 0.6 is 12.6 Å². The Morgan fingerprint density at radius 1 is 1.29 bits per heavy atom. The van der Waals surface area contributed by atoms with Gasteiger partial charge in [-0.25, -0.2) is 0 Å². The van der Waals surface area contributed by atoms with Crippen molar-refractivity contribution in [3.63, 3.8) is 0 Å². The van der Waals surface area contributed by atoms with Gasteiger partial charge in [0.15, 0.2) is 0 Å². The molecule has 0 unspecified atom stereocenters. The Kier molecular flexibility index (Phi) is 5.49. The zero-order chi connectivity index (χ0) is 10.2. The number of thiol groups is 1. The quantitative estimate of drug-likeness (QED) is 0.558. The highest BCUT2D eigenvalue weighted by atomic mass is 32.1. The van der Waals surface area contributed by atoms with Crippen LogP contribution in [0.5, 0.6) is 5.75 Å². The summed E-state index contributed by atoms with van der Waals surface area (Å²) >= 11 is 4.12. The third kappa shape index (κ3) is 4.53. The number of ether oxygens (including phenoxy) is 1. The molecule has 0 bridgehead atoms. The first-order valence-corrected chi connectivity index (χ1v) is 5.50. The minimum absolute atomic E-state index is 0.192. The van der Waals surface area contributed by atoms with Gasteiger partial charge in [-0.3, -0.25) is 0 Å². The van der Waals surface area contributed by atoms with E-state index < -0.39 is 0 Å². The third-order valence-corrected chi connectivity index (χ3v) is 2.43. The molecule has 2 N–H and O–H groups in total. The summed E-state index contributed by atoms with van der Waals surface area (Å²) in [5.41, 5.74) is 5.72. The Balaban J connectivity index is 2.10. The average Bonchev–Trinajstić information content (AvgIpc) is 2.25. The molecule has 1 aromatic rings. The number of benzene rings is 1. The van der Waals surface area contributed by atoms with Gasteiger partial charge >= 0.3 is 0 Å². The third-order valence-electron chi connectivity index (χ3n) is 1.97. The van der Waals surface area contributed by atoms with Crippen LogP contribution in [-0.2, 0) is 0 Å². The van der Waals surface area contributed by atoms with E-state index in [1.807, 2.05) is 30.3 Å². The zero-order valence-electron chi connectivity index (χ0n) is 8.23. The zero-order valence-corrected chi connectivity index (χ0v) is 9.12. The maximum absolute atomic E-state index is 5.72. The lowest BCUT2D eigenvalue weighted by Gasteiger charge is -2.08. The largest absolute Gasteiger partial charge is 0.494 e. The Hall–Kier alpha value is -0.670. The molecule has 1 rings (SSSR count). The van der Waals surface area contributed by atoms with Gasteiger partial charge in [0.1, 0.15) is 5.75 Å². The van der Waals surface area contributed by atoms with Crippen LogP contribution in [0.3, 0.4) is 0 Å². The highest BCUT2D eigenvalue weighted by molar-refractivity contribution is 7.80. The molecular weight excluding hydrogens is 194 g/mol. The molecule has 1 atom stereocenters. The van der Waals surface area contributed by atoms with Gasteiger partial charge in [-0.05, 0) is 25.0 Å². The number of hydrogen-bond acceptors (Lipinski definition) is 3. The van der Waals surface area contributed by atoms with E-state index in [0.717, 1.165) is 31.0 Å². The molecule has 0 aliphatic heterocycles. The van der Waals surface area contributed by atoms with Crippen molar-refractivity contribution in [2.45, 2.75) is 18.9 Å². The van der Waals surface area contributed by atoms with Crippen molar-refractivity contribution >= 4 is 12.6 Å². The SMILES string of the molecule is N[C@@H](CS)CCCOc1ccccc1. The van der Waals surface area contributed by atoms with Crippen LogP contribution in [0.2, 0.25) is 0 Å². The van der Waals surface area contributed by atoms with E-state index in [1.54, 1.807) is 0 Å². The maximum atomic E-state index is 5.72. The lowest BCUT2D eigenvalue weighted by Crippen LogP contribution is -2.22. The maximum Gasteiger partial charge on any atom is 0.119 e.